The van der Waals surface area contributed by atoms with Gasteiger partial charge in [-0.3, -0.25) is 9.79 Å². The van der Waals surface area contributed by atoms with Crippen molar-refractivity contribution in [1.82, 2.24) is 0 Å². The van der Waals surface area contributed by atoms with Crippen molar-refractivity contribution < 1.29 is 4.79 Å². The number of nitrogens with two attached hydrogens (primary N) is 1. The lowest BCUT2D eigenvalue weighted by Gasteiger charge is -2.10. The molecule has 3 rings (SSSR count). The van der Waals surface area contributed by atoms with E-state index in [9.17, 15) is 4.79 Å². The number of benzene rings is 2. The first-order valence-electron chi connectivity index (χ1n) is 6.66. The van der Waals surface area contributed by atoms with E-state index in [4.69, 9.17) is 5.73 Å². The molecule has 0 fully saturated rings. The molecule has 0 saturated carbocycles. The van der Waals surface area contributed by atoms with Crippen molar-refractivity contribution in [3.05, 3.63) is 70.8 Å². The van der Waals surface area contributed by atoms with Crippen LogP contribution in [0.2, 0.25) is 0 Å². The van der Waals surface area contributed by atoms with E-state index in [2.05, 4.69) is 11.1 Å². The van der Waals surface area contributed by atoms with Gasteiger partial charge in [-0.05, 0) is 18.6 Å². The van der Waals surface area contributed by atoms with Gasteiger partial charge >= 0.3 is 0 Å². The Kier molecular flexibility index (Phi) is 3.20. The van der Waals surface area contributed by atoms with Crippen molar-refractivity contribution in [2.24, 2.45) is 10.7 Å². The van der Waals surface area contributed by atoms with Crippen LogP contribution in [0.25, 0.3) is 0 Å². The second kappa shape index (κ2) is 5.02. The van der Waals surface area contributed by atoms with Gasteiger partial charge in [0.05, 0.1) is 5.71 Å². The molecule has 3 nitrogen and oxygen atoms in total. The first-order valence-corrected chi connectivity index (χ1v) is 6.66. The second-order valence-corrected chi connectivity index (χ2v) is 5.09. The largest absolute Gasteiger partial charge is 0.303 e. The molecular weight excluding hydrogens is 248 g/mol. The number of hydrogen-bond donors (Lipinski definition) is 1. The van der Waals surface area contributed by atoms with E-state index in [1.54, 1.807) is 0 Å². The summed E-state index contributed by atoms with van der Waals surface area (Å²) in [5, 5.41) is 0. The Morgan fingerprint density at radius 3 is 2.75 bits per heavy atom. The van der Waals surface area contributed by atoms with Crippen molar-refractivity contribution >= 4 is 11.5 Å². The Balaban J connectivity index is 2.21. The topological polar surface area (TPSA) is 55.4 Å². The number of rotatable bonds is 1. The zero-order chi connectivity index (χ0) is 14.1. The fraction of sp³-hybridized carbons (Fsp3) is 0.176. The Hall–Kier alpha value is -2.26. The third-order valence-corrected chi connectivity index (χ3v) is 3.53. The van der Waals surface area contributed by atoms with Crippen molar-refractivity contribution in [2.45, 2.75) is 19.5 Å². The lowest BCUT2D eigenvalue weighted by molar-refractivity contribution is -0.119. The Bertz CT molecular complexity index is 704. The summed E-state index contributed by atoms with van der Waals surface area (Å²) in [6.45, 7) is 2.04. The third kappa shape index (κ3) is 2.28. The molecule has 100 valence electrons. The van der Waals surface area contributed by atoms with Gasteiger partial charge in [0.15, 0.2) is 11.9 Å². The lowest BCUT2D eigenvalue weighted by atomic mass is 9.95. The molecule has 1 heterocycles. The molecule has 0 spiro atoms. The molecule has 1 aliphatic rings. The summed E-state index contributed by atoms with van der Waals surface area (Å²) in [5.74, 6) is -0.0416. The number of aryl methyl sites for hydroxylation is 1. The van der Waals surface area contributed by atoms with E-state index in [0.717, 1.165) is 28.0 Å². The Labute approximate surface area is 118 Å². The average Bonchev–Trinajstić information content (AvgIpc) is 2.57. The smallest absolute Gasteiger partial charge is 0.175 e. The SMILES string of the molecule is Cc1cccc(C2=NC(N)C(=O)Cc3ccccc32)c1. The first kappa shape index (κ1) is 12.8. The number of fused-ring (bicyclic) bond motifs is 1. The van der Waals surface area contributed by atoms with Crippen molar-refractivity contribution in [3.8, 4) is 0 Å². The molecule has 0 radical (unpaired) electrons. The van der Waals surface area contributed by atoms with Crippen LogP contribution in [-0.2, 0) is 11.2 Å². The Morgan fingerprint density at radius 1 is 1.15 bits per heavy atom. The molecule has 2 aromatic carbocycles. The van der Waals surface area contributed by atoms with E-state index >= 15 is 0 Å². The number of Topliss-reactive ketones (excluding diaryl/α,β-unsaturated/α-hetero) is 1. The minimum absolute atomic E-state index is 0.0416. The van der Waals surface area contributed by atoms with Crippen LogP contribution in [0.15, 0.2) is 53.5 Å². The first-order chi connectivity index (χ1) is 9.65. The molecule has 0 aromatic heterocycles. The van der Waals surface area contributed by atoms with Crippen LogP contribution < -0.4 is 5.73 Å². The molecule has 1 atom stereocenters. The van der Waals surface area contributed by atoms with E-state index in [-0.39, 0.29) is 5.78 Å². The van der Waals surface area contributed by atoms with Crippen LogP contribution in [0.1, 0.15) is 22.3 Å². The third-order valence-electron chi connectivity index (χ3n) is 3.53. The predicted octanol–water partition coefficient (Wildman–Crippen LogP) is 2.24. The number of carbonyl (C=O) groups excluding carboxylic acids is 1. The number of aliphatic imine (C=N–C) groups is 1. The van der Waals surface area contributed by atoms with Gasteiger partial charge in [-0.1, -0.05) is 48.0 Å². The van der Waals surface area contributed by atoms with Crippen molar-refractivity contribution in [3.63, 3.8) is 0 Å². The fourth-order valence-electron chi connectivity index (χ4n) is 2.50. The van der Waals surface area contributed by atoms with Crippen molar-refractivity contribution in [2.75, 3.05) is 0 Å². The molecule has 1 aliphatic heterocycles. The number of ketones is 1. The second-order valence-electron chi connectivity index (χ2n) is 5.09. The Morgan fingerprint density at radius 2 is 1.95 bits per heavy atom. The summed E-state index contributed by atoms with van der Waals surface area (Å²) in [7, 11) is 0. The minimum atomic E-state index is -0.780. The van der Waals surface area contributed by atoms with Crippen LogP contribution in [0.3, 0.4) is 0 Å². The van der Waals surface area contributed by atoms with Gasteiger partial charge < -0.3 is 5.73 Å². The summed E-state index contributed by atoms with van der Waals surface area (Å²) in [5.41, 5.74) is 10.8. The fourth-order valence-corrected chi connectivity index (χ4v) is 2.50. The summed E-state index contributed by atoms with van der Waals surface area (Å²) in [6.07, 6.45) is -0.436. The van der Waals surface area contributed by atoms with Crippen molar-refractivity contribution in [1.29, 1.82) is 0 Å². The highest BCUT2D eigenvalue weighted by molar-refractivity contribution is 6.16. The van der Waals surface area contributed by atoms with Crippen LogP contribution in [0.4, 0.5) is 0 Å². The van der Waals surface area contributed by atoms with Gasteiger partial charge in [0, 0.05) is 17.5 Å². The monoisotopic (exact) mass is 264 g/mol. The van der Waals surface area contributed by atoms with Gasteiger partial charge in [0.1, 0.15) is 0 Å². The molecule has 2 N–H and O–H groups in total. The standard InChI is InChI=1S/C17H16N2O/c1-11-5-4-7-13(9-11)16-14-8-3-2-6-12(14)10-15(20)17(18)19-16/h2-9,17H,10,18H2,1H3. The summed E-state index contributed by atoms with van der Waals surface area (Å²) in [4.78, 5) is 16.4. The predicted molar refractivity (Wildman–Crippen MR) is 79.9 cm³/mol. The average molecular weight is 264 g/mol. The molecule has 2 aromatic rings. The van der Waals surface area contributed by atoms with Gasteiger partial charge in [0.2, 0.25) is 0 Å². The zero-order valence-corrected chi connectivity index (χ0v) is 11.3. The molecule has 0 amide bonds. The van der Waals surface area contributed by atoms with E-state index in [0.29, 0.717) is 6.42 Å². The van der Waals surface area contributed by atoms with Gasteiger partial charge in [-0.25, -0.2) is 0 Å². The summed E-state index contributed by atoms with van der Waals surface area (Å²) in [6, 6.07) is 16.0. The minimum Gasteiger partial charge on any atom is -0.303 e. The summed E-state index contributed by atoms with van der Waals surface area (Å²) >= 11 is 0. The number of carbonyl (C=O) groups is 1. The van der Waals surface area contributed by atoms with Crippen LogP contribution in [0.5, 0.6) is 0 Å². The highest BCUT2D eigenvalue weighted by Crippen LogP contribution is 2.21. The molecule has 3 heteroatoms. The highest BCUT2D eigenvalue weighted by atomic mass is 16.1. The molecular formula is C17H16N2O. The van der Waals surface area contributed by atoms with E-state index < -0.39 is 6.17 Å². The maximum atomic E-state index is 12.0. The normalized spacial score (nSPS) is 18.2. The van der Waals surface area contributed by atoms with Crippen LogP contribution >= 0.6 is 0 Å². The number of hydrogen-bond acceptors (Lipinski definition) is 3. The van der Waals surface area contributed by atoms with Crippen LogP contribution in [0, 0.1) is 6.92 Å². The molecule has 0 saturated heterocycles. The van der Waals surface area contributed by atoms with Gasteiger partial charge in [0.25, 0.3) is 0 Å². The molecule has 20 heavy (non-hydrogen) atoms. The van der Waals surface area contributed by atoms with Gasteiger partial charge in [-0.2, -0.15) is 0 Å². The lowest BCUT2D eigenvalue weighted by Crippen LogP contribution is -2.29. The van der Waals surface area contributed by atoms with Gasteiger partial charge in [-0.15, -0.1) is 0 Å². The molecule has 0 aliphatic carbocycles. The zero-order valence-electron chi connectivity index (χ0n) is 11.3. The number of nitrogens with zero attached hydrogens (tertiary/aromatic N) is 1. The van der Waals surface area contributed by atoms with E-state index in [1.807, 2.05) is 49.4 Å². The highest BCUT2D eigenvalue weighted by Gasteiger charge is 2.22. The quantitative estimate of drug-likeness (QED) is 0.858. The summed E-state index contributed by atoms with van der Waals surface area (Å²) < 4.78 is 0. The maximum absolute atomic E-state index is 12.0. The maximum Gasteiger partial charge on any atom is 0.175 e. The van der Waals surface area contributed by atoms with Crippen LogP contribution in [-0.4, -0.2) is 17.7 Å². The molecule has 1 unspecified atom stereocenters. The molecule has 0 bridgehead atoms. The van der Waals surface area contributed by atoms with E-state index in [1.165, 1.54) is 0 Å².